The molecule has 0 radical (unpaired) electrons. The van der Waals surface area contributed by atoms with Gasteiger partial charge >= 0.3 is 5.69 Å². The van der Waals surface area contributed by atoms with Gasteiger partial charge in [0.2, 0.25) is 0 Å². The van der Waals surface area contributed by atoms with Crippen LogP contribution in [-0.4, -0.2) is 22.1 Å². The van der Waals surface area contributed by atoms with Crippen LogP contribution in [0.1, 0.15) is 34.6 Å². The smallest absolute Gasteiger partial charge is 0.298 e. The van der Waals surface area contributed by atoms with E-state index in [1.807, 2.05) is 91.0 Å². The van der Waals surface area contributed by atoms with Crippen LogP contribution in [0, 0.1) is 0 Å². The van der Waals surface area contributed by atoms with E-state index in [4.69, 9.17) is 0 Å². The Bertz CT molecular complexity index is 1280. The Kier molecular flexibility index (Phi) is 5.62. The van der Waals surface area contributed by atoms with Gasteiger partial charge in [-0.25, -0.2) is 4.79 Å². The summed E-state index contributed by atoms with van der Waals surface area (Å²) in [5, 5.41) is -1.26. The minimum Gasteiger partial charge on any atom is -0.298 e. The first-order valence-electron chi connectivity index (χ1n) is 10.2. The third kappa shape index (κ3) is 3.49. The Morgan fingerprint density at radius 1 is 0.781 bits per heavy atom. The first-order valence-corrected chi connectivity index (χ1v) is 11.7. The molecular formula is C25H24N2O4S. The van der Waals surface area contributed by atoms with E-state index < -0.39 is 26.6 Å². The number of imidazole rings is 1. The topological polar surface area (TPSA) is 81.3 Å². The molecule has 6 nitrogen and oxygen atoms in total. The van der Waals surface area contributed by atoms with E-state index in [2.05, 4.69) is 0 Å². The largest absolute Gasteiger partial charge is 0.329 e. The number of hydrogen-bond acceptors (Lipinski definition) is 3. The molecule has 0 aliphatic rings. The van der Waals surface area contributed by atoms with E-state index in [0.717, 1.165) is 16.7 Å². The van der Waals surface area contributed by atoms with Crippen molar-refractivity contribution in [2.75, 3.05) is 0 Å². The fourth-order valence-corrected chi connectivity index (χ4v) is 4.80. The minimum absolute atomic E-state index is 0.199. The zero-order valence-corrected chi connectivity index (χ0v) is 18.6. The molecule has 0 aliphatic heterocycles. The van der Waals surface area contributed by atoms with E-state index in [-0.39, 0.29) is 5.69 Å². The number of hydrogen-bond donors (Lipinski definition) is 1. The lowest BCUT2D eigenvalue weighted by molar-refractivity contribution is 0.469. The van der Waals surface area contributed by atoms with Gasteiger partial charge in [0, 0.05) is 13.2 Å². The molecule has 0 bridgehead atoms. The summed E-state index contributed by atoms with van der Waals surface area (Å²) in [5.74, 6) is 0. The van der Waals surface area contributed by atoms with Crippen molar-refractivity contribution in [1.82, 2.24) is 9.13 Å². The van der Waals surface area contributed by atoms with Crippen LogP contribution in [0.3, 0.4) is 0 Å². The van der Waals surface area contributed by atoms with Gasteiger partial charge in [-0.15, -0.1) is 0 Å². The van der Waals surface area contributed by atoms with Crippen molar-refractivity contribution < 1.29 is 13.0 Å². The van der Waals surface area contributed by atoms with Crippen LogP contribution in [0.15, 0.2) is 102 Å². The zero-order chi connectivity index (χ0) is 22.9. The quantitative estimate of drug-likeness (QED) is 0.357. The third-order valence-corrected chi connectivity index (χ3v) is 7.08. The molecule has 3 aromatic carbocycles. The molecule has 32 heavy (non-hydrogen) atoms. The molecule has 7 heteroatoms. The second-order valence-corrected chi connectivity index (χ2v) is 9.47. The molecule has 0 aliphatic carbocycles. The van der Waals surface area contributed by atoms with Crippen LogP contribution >= 0.6 is 0 Å². The van der Waals surface area contributed by atoms with Crippen molar-refractivity contribution >= 4 is 10.1 Å². The Morgan fingerprint density at radius 3 is 1.50 bits per heavy atom. The number of aromatic nitrogens is 2. The van der Waals surface area contributed by atoms with Gasteiger partial charge in [-0.3, -0.25) is 13.7 Å². The fourth-order valence-electron chi connectivity index (χ4n) is 4.27. The summed E-state index contributed by atoms with van der Waals surface area (Å²) < 4.78 is 36.3. The Balaban J connectivity index is 2.17. The highest BCUT2D eigenvalue weighted by Gasteiger charge is 2.41. The summed E-state index contributed by atoms with van der Waals surface area (Å²) in [6, 6.07) is 28.9. The van der Waals surface area contributed by atoms with Gasteiger partial charge in [-0.05, 0) is 23.6 Å². The second-order valence-electron chi connectivity index (χ2n) is 7.73. The molecule has 0 saturated carbocycles. The number of benzene rings is 3. The van der Waals surface area contributed by atoms with Crippen molar-refractivity contribution in [2.45, 2.75) is 17.7 Å². The molecule has 1 aromatic heterocycles. The van der Waals surface area contributed by atoms with E-state index >= 15 is 0 Å². The third-order valence-electron chi connectivity index (χ3n) is 5.94. The van der Waals surface area contributed by atoms with Crippen molar-refractivity contribution in [2.24, 2.45) is 7.05 Å². The van der Waals surface area contributed by atoms with E-state index in [9.17, 15) is 17.8 Å². The molecule has 1 N–H and O–H groups in total. The highest BCUT2D eigenvalue weighted by atomic mass is 32.2. The van der Waals surface area contributed by atoms with Crippen LogP contribution in [0.4, 0.5) is 0 Å². The molecule has 0 fully saturated rings. The van der Waals surface area contributed by atoms with Crippen LogP contribution in [-0.2, 0) is 22.7 Å². The van der Waals surface area contributed by atoms with Crippen molar-refractivity contribution in [1.29, 1.82) is 0 Å². The molecule has 164 valence electrons. The van der Waals surface area contributed by atoms with Gasteiger partial charge in [0.1, 0.15) is 10.8 Å². The lowest BCUT2D eigenvalue weighted by Gasteiger charge is -2.36. The maximum absolute atomic E-state index is 13.6. The van der Waals surface area contributed by atoms with Crippen LogP contribution in [0.25, 0.3) is 0 Å². The first kappa shape index (κ1) is 21.8. The summed E-state index contributed by atoms with van der Waals surface area (Å²) in [5.41, 5.74) is 1.27. The van der Waals surface area contributed by atoms with Crippen molar-refractivity contribution in [3.8, 4) is 0 Å². The average molecular weight is 449 g/mol. The van der Waals surface area contributed by atoms with Gasteiger partial charge in [0.15, 0.2) is 0 Å². The molecule has 1 atom stereocenters. The average Bonchev–Trinajstić information content (AvgIpc) is 3.10. The first-order chi connectivity index (χ1) is 15.3. The monoisotopic (exact) mass is 448 g/mol. The summed E-state index contributed by atoms with van der Waals surface area (Å²) in [6.45, 7) is 1.36. The van der Waals surface area contributed by atoms with Gasteiger partial charge in [-0.1, -0.05) is 91.0 Å². The van der Waals surface area contributed by atoms with E-state index in [1.165, 1.54) is 24.7 Å². The molecule has 1 unspecified atom stereocenters. The van der Waals surface area contributed by atoms with Crippen LogP contribution in [0.5, 0.6) is 0 Å². The minimum atomic E-state index is -4.39. The highest BCUT2D eigenvalue weighted by Crippen LogP contribution is 2.40. The van der Waals surface area contributed by atoms with E-state index in [1.54, 1.807) is 4.57 Å². The van der Waals surface area contributed by atoms with Crippen molar-refractivity contribution in [3.05, 3.63) is 130 Å². The summed E-state index contributed by atoms with van der Waals surface area (Å²) in [7, 11) is -2.88. The summed E-state index contributed by atoms with van der Waals surface area (Å²) >= 11 is 0. The normalized spacial score (nSPS) is 13.1. The molecule has 0 spiro atoms. The second kappa shape index (κ2) is 8.26. The maximum Gasteiger partial charge on any atom is 0.329 e. The SMILES string of the molecule is CC(c1cn(C(c2ccccc2)(c2ccccc2)c2ccccc2)c(=O)n1C)S(=O)(=O)O. The Hall–Kier alpha value is -3.42. The molecule has 4 aromatic rings. The lowest BCUT2D eigenvalue weighted by Crippen LogP contribution is -2.44. The summed E-state index contributed by atoms with van der Waals surface area (Å²) in [4.78, 5) is 13.6. The standard InChI is InChI=1S/C25H24N2O4S/c1-19(32(29,30)31)23-18-27(24(28)26(23)2)25(20-12-6-3-7-13-20,21-14-8-4-9-15-21)22-16-10-5-11-17-22/h3-19H,1-2H3,(H,29,30,31). The highest BCUT2D eigenvalue weighted by molar-refractivity contribution is 7.86. The lowest BCUT2D eigenvalue weighted by atomic mass is 9.76. The zero-order valence-electron chi connectivity index (χ0n) is 17.8. The molecule has 0 saturated heterocycles. The number of nitrogens with zero attached hydrogens (tertiary/aromatic N) is 2. The Morgan fingerprint density at radius 2 is 1.16 bits per heavy atom. The molecule has 0 amide bonds. The molecule has 1 heterocycles. The summed E-state index contributed by atoms with van der Waals surface area (Å²) in [6.07, 6.45) is 1.54. The van der Waals surface area contributed by atoms with Crippen LogP contribution in [0.2, 0.25) is 0 Å². The van der Waals surface area contributed by atoms with E-state index in [0.29, 0.717) is 0 Å². The number of rotatable bonds is 6. The Labute approximate surface area is 187 Å². The molecular weight excluding hydrogens is 424 g/mol. The maximum atomic E-state index is 13.6. The fraction of sp³-hybridized carbons (Fsp3) is 0.160. The van der Waals surface area contributed by atoms with Gasteiger partial charge in [-0.2, -0.15) is 8.42 Å². The predicted octanol–water partition coefficient (Wildman–Crippen LogP) is 3.98. The molecule has 4 rings (SSSR count). The van der Waals surface area contributed by atoms with Gasteiger partial charge < -0.3 is 0 Å². The van der Waals surface area contributed by atoms with Crippen LogP contribution < -0.4 is 5.69 Å². The van der Waals surface area contributed by atoms with Gasteiger partial charge in [0.25, 0.3) is 10.1 Å². The predicted molar refractivity (Wildman–Crippen MR) is 124 cm³/mol. The van der Waals surface area contributed by atoms with Gasteiger partial charge in [0.05, 0.1) is 5.69 Å². The van der Waals surface area contributed by atoms with Crippen molar-refractivity contribution in [3.63, 3.8) is 0 Å².